The average molecular weight is 266 g/mol. The third kappa shape index (κ3) is 1.42. The second kappa shape index (κ2) is 4.29. The van der Waals surface area contributed by atoms with Gasteiger partial charge in [-0.2, -0.15) is 0 Å². The molecular formula is C13H14O6. The SMILES string of the molecule is CC(=O)C1(C(C)=O)C(=O)CC(=O)C1(C(C)=O)C(C)=O. The Balaban J connectivity index is 3.94. The molecule has 1 rings (SSSR count). The molecule has 0 spiro atoms. The third-order valence-electron chi connectivity index (χ3n) is 3.83. The highest BCUT2D eigenvalue weighted by molar-refractivity contribution is 6.45. The van der Waals surface area contributed by atoms with Crippen molar-refractivity contribution in [1.82, 2.24) is 0 Å². The van der Waals surface area contributed by atoms with Crippen molar-refractivity contribution in [2.24, 2.45) is 10.8 Å². The molecule has 1 aliphatic carbocycles. The average Bonchev–Trinajstić information content (AvgIpc) is 2.46. The Morgan fingerprint density at radius 2 is 0.895 bits per heavy atom. The molecule has 0 aliphatic heterocycles. The number of hydrogen-bond donors (Lipinski definition) is 0. The lowest BCUT2D eigenvalue weighted by Crippen LogP contribution is -2.60. The highest BCUT2D eigenvalue weighted by Gasteiger charge is 2.75. The van der Waals surface area contributed by atoms with Crippen LogP contribution in [0.25, 0.3) is 0 Å². The highest BCUT2D eigenvalue weighted by Crippen LogP contribution is 2.51. The zero-order chi connectivity index (χ0) is 15.2. The van der Waals surface area contributed by atoms with Gasteiger partial charge in [0.2, 0.25) is 0 Å². The Bertz CT molecular complexity index is 463. The van der Waals surface area contributed by atoms with E-state index in [1.807, 2.05) is 0 Å². The first-order valence-corrected chi connectivity index (χ1v) is 5.68. The normalized spacial score (nSPS) is 20.2. The van der Waals surface area contributed by atoms with E-state index in [4.69, 9.17) is 0 Å². The summed E-state index contributed by atoms with van der Waals surface area (Å²) in [4.78, 5) is 71.7. The fourth-order valence-electron chi connectivity index (χ4n) is 3.17. The van der Waals surface area contributed by atoms with Gasteiger partial charge in [-0.15, -0.1) is 0 Å². The Morgan fingerprint density at radius 1 is 0.684 bits per heavy atom. The van der Waals surface area contributed by atoms with Gasteiger partial charge in [-0.3, -0.25) is 28.8 Å². The lowest BCUT2D eigenvalue weighted by atomic mass is 9.57. The Kier molecular flexibility index (Phi) is 3.41. The minimum absolute atomic E-state index is 0.752. The first kappa shape index (κ1) is 15.1. The fraction of sp³-hybridized carbons (Fsp3) is 0.538. The minimum Gasteiger partial charge on any atom is -0.298 e. The standard InChI is InChI=1S/C13H14O6/c1-6(14)12(7(2)15)10(18)5-11(19)13(12,8(3)16)9(4)17/h5H2,1-4H3. The first-order valence-electron chi connectivity index (χ1n) is 5.68. The number of rotatable bonds is 4. The molecule has 0 N–H and O–H groups in total. The number of hydrogen-bond acceptors (Lipinski definition) is 6. The molecule has 1 saturated carbocycles. The van der Waals surface area contributed by atoms with E-state index >= 15 is 0 Å². The summed E-state index contributed by atoms with van der Waals surface area (Å²) in [6.45, 7) is 3.77. The van der Waals surface area contributed by atoms with Gasteiger partial charge in [0, 0.05) is 0 Å². The Morgan fingerprint density at radius 3 is 1.05 bits per heavy atom. The smallest absolute Gasteiger partial charge is 0.171 e. The molecular weight excluding hydrogens is 252 g/mol. The van der Waals surface area contributed by atoms with Crippen molar-refractivity contribution in [3.8, 4) is 0 Å². The summed E-state index contributed by atoms with van der Waals surface area (Å²) in [6.07, 6.45) is -0.752. The molecule has 1 aliphatic rings. The quantitative estimate of drug-likeness (QED) is 0.656. The summed E-state index contributed by atoms with van der Waals surface area (Å²) in [5.41, 5.74) is -4.97. The van der Waals surface area contributed by atoms with Gasteiger partial charge in [-0.25, -0.2) is 0 Å². The topological polar surface area (TPSA) is 102 Å². The summed E-state index contributed by atoms with van der Waals surface area (Å²) in [5, 5.41) is 0. The minimum atomic E-state index is -2.48. The number of ketones is 6. The van der Waals surface area contributed by atoms with E-state index in [1.165, 1.54) is 0 Å². The molecule has 6 nitrogen and oxygen atoms in total. The van der Waals surface area contributed by atoms with Gasteiger partial charge in [0.25, 0.3) is 0 Å². The van der Waals surface area contributed by atoms with Gasteiger partial charge < -0.3 is 0 Å². The monoisotopic (exact) mass is 266 g/mol. The lowest BCUT2D eigenvalue weighted by Gasteiger charge is -2.35. The molecule has 0 radical (unpaired) electrons. The summed E-state index contributed by atoms with van der Waals surface area (Å²) in [6, 6.07) is 0. The predicted molar refractivity (Wildman–Crippen MR) is 62.2 cm³/mol. The van der Waals surface area contributed by atoms with Crippen molar-refractivity contribution >= 4 is 34.7 Å². The zero-order valence-corrected chi connectivity index (χ0v) is 11.2. The van der Waals surface area contributed by atoms with Crippen LogP contribution in [-0.4, -0.2) is 34.7 Å². The first-order chi connectivity index (χ1) is 8.57. The van der Waals surface area contributed by atoms with E-state index in [2.05, 4.69) is 0 Å². The van der Waals surface area contributed by atoms with E-state index in [9.17, 15) is 28.8 Å². The van der Waals surface area contributed by atoms with Gasteiger partial charge in [-0.1, -0.05) is 0 Å². The largest absolute Gasteiger partial charge is 0.298 e. The maximum Gasteiger partial charge on any atom is 0.171 e. The van der Waals surface area contributed by atoms with E-state index < -0.39 is 52.0 Å². The molecule has 0 aromatic carbocycles. The van der Waals surface area contributed by atoms with Gasteiger partial charge >= 0.3 is 0 Å². The van der Waals surface area contributed by atoms with E-state index in [0.29, 0.717) is 0 Å². The molecule has 0 saturated heterocycles. The van der Waals surface area contributed by atoms with E-state index in [0.717, 1.165) is 27.7 Å². The highest BCUT2D eigenvalue weighted by atomic mass is 16.2. The van der Waals surface area contributed by atoms with Crippen molar-refractivity contribution in [2.45, 2.75) is 34.1 Å². The third-order valence-corrected chi connectivity index (χ3v) is 3.83. The molecule has 19 heavy (non-hydrogen) atoms. The maximum atomic E-state index is 12.0. The zero-order valence-electron chi connectivity index (χ0n) is 11.2. The van der Waals surface area contributed by atoms with Crippen LogP contribution in [0.4, 0.5) is 0 Å². The van der Waals surface area contributed by atoms with Crippen LogP contribution < -0.4 is 0 Å². The van der Waals surface area contributed by atoms with Gasteiger partial charge in [0.05, 0.1) is 6.42 Å². The predicted octanol–water partition coefficient (Wildman–Crippen LogP) is -0.143. The molecule has 0 atom stereocenters. The van der Waals surface area contributed by atoms with E-state index in [1.54, 1.807) is 0 Å². The molecule has 102 valence electrons. The molecule has 0 aromatic heterocycles. The summed E-state index contributed by atoms with van der Waals surface area (Å²) in [7, 11) is 0. The van der Waals surface area contributed by atoms with Crippen molar-refractivity contribution in [3.05, 3.63) is 0 Å². The summed E-state index contributed by atoms with van der Waals surface area (Å²) < 4.78 is 0. The van der Waals surface area contributed by atoms with Crippen molar-refractivity contribution < 1.29 is 28.8 Å². The van der Waals surface area contributed by atoms with Crippen molar-refractivity contribution in [3.63, 3.8) is 0 Å². The Labute approximate surface area is 109 Å². The molecule has 0 amide bonds. The summed E-state index contributed by atoms with van der Waals surface area (Å²) in [5.74, 6) is -5.71. The van der Waals surface area contributed by atoms with Crippen LogP contribution in [0.3, 0.4) is 0 Å². The van der Waals surface area contributed by atoms with Crippen LogP contribution in [0, 0.1) is 10.8 Å². The number of carbonyl (C=O) groups is 6. The van der Waals surface area contributed by atoms with Crippen LogP contribution in [0.1, 0.15) is 34.1 Å². The van der Waals surface area contributed by atoms with Crippen LogP contribution in [0.5, 0.6) is 0 Å². The van der Waals surface area contributed by atoms with E-state index in [-0.39, 0.29) is 0 Å². The molecule has 1 fully saturated rings. The number of carbonyl (C=O) groups excluding carboxylic acids is 6. The molecule has 0 heterocycles. The van der Waals surface area contributed by atoms with Gasteiger partial charge in [0.15, 0.2) is 45.5 Å². The van der Waals surface area contributed by atoms with Gasteiger partial charge in [-0.05, 0) is 27.7 Å². The van der Waals surface area contributed by atoms with Crippen molar-refractivity contribution in [2.75, 3.05) is 0 Å². The Hall–Kier alpha value is -1.98. The molecule has 6 heteroatoms. The van der Waals surface area contributed by atoms with Crippen LogP contribution in [0.2, 0.25) is 0 Å². The van der Waals surface area contributed by atoms with Gasteiger partial charge in [0.1, 0.15) is 0 Å². The molecule has 0 aromatic rings. The summed E-state index contributed by atoms with van der Waals surface area (Å²) >= 11 is 0. The fourth-order valence-corrected chi connectivity index (χ4v) is 3.17. The van der Waals surface area contributed by atoms with Crippen molar-refractivity contribution in [1.29, 1.82) is 0 Å². The second-order valence-electron chi connectivity index (χ2n) is 4.75. The lowest BCUT2D eigenvalue weighted by molar-refractivity contribution is -0.165. The van der Waals surface area contributed by atoms with Crippen LogP contribution in [-0.2, 0) is 28.8 Å². The molecule has 0 unspecified atom stereocenters. The molecule has 0 bridgehead atoms. The van der Waals surface area contributed by atoms with Crippen LogP contribution >= 0.6 is 0 Å². The maximum absolute atomic E-state index is 12.0. The second-order valence-corrected chi connectivity index (χ2v) is 4.75. The van der Waals surface area contributed by atoms with Crippen LogP contribution in [0.15, 0.2) is 0 Å². The number of Topliss-reactive ketones (excluding diaryl/α,β-unsaturated/α-hetero) is 6.